The van der Waals surface area contributed by atoms with Gasteiger partial charge < -0.3 is 10.1 Å². The molecule has 0 spiro atoms. The number of hydrogen-bond donors (Lipinski definition) is 1. The Kier molecular flexibility index (Phi) is 6.70. The van der Waals surface area contributed by atoms with Crippen molar-refractivity contribution < 1.29 is 4.74 Å². The number of likely N-dealkylation sites (N-methyl/N-ethyl adjacent to an activating group) is 1. The minimum atomic E-state index is 0.260. The molecule has 0 aliphatic carbocycles. The fourth-order valence-electron chi connectivity index (χ4n) is 2.15. The molecule has 1 heterocycles. The summed E-state index contributed by atoms with van der Waals surface area (Å²) in [7, 11) is 1.80. The zero-order valence-electron chi connectivity index (χ0n) is 11.0. The van der Waals surface area contributed by atoms with Crippen molar-refractivity contribution in [2.75, 3.05) is 13.7 Å². The molecular formula is C13H22BrNOS. The molecule has 98 valence electrons. The van der Waals surface area contributed by atoms with E-state index in [2.05, 4.69) is 53.5 Å². The van der Waals surface area contributed by atoms with Crippen LogP contribution in [0.2, 0.25) is 0 Å². The van der Waals surface area contributed by atoms with E-state index in [1.165, 1.54) is 9.35 Å². The number of halogens is 1. The fourth-order valence-corrected chi connectivity index (χ4v) is 3.66. The number of methoxy groups -OCH3 is 1. The Hall–Kier alpha value is 0.1000. The van der Waals surface area contributed by atoms with Crippen LogP contribution in [-0.2, 0) is 11.2 Å². The standard InChI is InChI=1S/C13H22BrNOS/c1-5-15-12(13(16-4)9(2)3)7-11-6-10(14)8-17-11/h6,8-9,12-13,15H,5,7H2,1-4H3. The van der Waals surface area contributed by atoms with Crippen LogP contribution >= 0.6 is 27.3 Å². The minimum absolute atomic E-state index is 0.260. The van der Waals surface area contributed by atoms with E-state index in [4.69, 9.17) is 4.74 Å². The molecule has 0 bridgehead atoms. The third kappa shape index (κ3) is 4.70. The predicted molar refractivity (Wildman–Crippen MR) is 78.8 cm³/mol. The second-order valence-electron chi connectivity index (χ2n) is 4.54. The first-order valence-corrected chi connectivity index (χ1v) is 7.74. The molecule has 2 atom stereocenters. The summed E-state index contributed by atoms with van der Waals surface area (Å²) in [6.45, 7) is 7.54. The Morgan fingerprint density at radius 3 is 2.59 bits per heavy atom. The molecule has 0 aromatic carbocycles. The number of nitrogens with one attached hydrogen (secondary N) is 1. The number of rotatable bonds is 7. The largest absolute Gasteiger partial charge is 0.380 e. The van der Waals surface area contributed by atoms with Crippen molar-refractivity contribution in [2.24, 2.45) is 5.92 Å². The van der Waals surface area contributed by atoms with Crippen molar-refractivity contribution in [1.82, 2.24) is 5.32 Å². The van der Waals surface area contributed by atoms with Crippen LogP contribution < -0.4 is 5.32 Å². The van der Waals surface area contributed by atoms with Crippen LogP contribution in [0.1, 0.15) is 25.6 Å². The minimum Gasteiger partial charge on any atom is -0.380 e. The Morgan fingerprint density at radius 2 is 2.18 bits per heavy atom. The first-order valence-electron chi connectivity index (χ1n) is 6.07. The number of ether oxygens (including phenoxy) is 1. The molecule has 1 rings (SSSR count). The highest BCUT2D eigenvalue weighted by Gasteiger charge is 2.24. The van der Waals surface area contributed by atoms with Crippen LogP contribution in [0.3, 0.4) is 0 Å². The van der Waals surface area contributed by atoms with Gasteiger partial charge in [-0.3, -0.25) is 0 Å². The topological polar surface area (TPSA) is 21.3 Å². The van der Waals surface area contributed by atoms with Gasteiger partial charge in [-0.25, -0.2) is 0 Å². The van der Waals surface area contributed by atoms with Gasteiger partial charge in [0, 0.05) is 27.9 Å². The highest BCUT2D eigenvalue weighted by Crippen LogP contribution is 2.23. The zero-order chi connectivity index (χ0) is 12.8. The lowest BCUT2D eigenvalue weighted by Gasteiger charge is -2.29. The van der Waals surface area contributed by atoms with Gasteiger partial charge in [0.1, 0.15) is 0 Å². The molecule has 1 aromatic rings. The summed E-state index contributed by atoms with van der Waals surface area (Å²) in [6.07, 6.45) is 1.29. The molecule has 0 saturated heterocycles. The molecular weight excluding hydrogens is 298 g/mol. The summed E-state index contributed by atoms with van der Waals surface area (Å²) in [5.74, 6) is 0.521. The molecule has 4 heteroatoms. The van der Waals surface area contributed by atoms with Crippen LogP contribution in [0.25, 0.3) is 0 Å². The second kappa shape index (κ2) is 7.52. The molecule has 1 N–H and O–H groups in total. The Balaban J connectivity index is 2.70. The van der Waals surface area contributed by atoms with E-state index >= 15 is 0 Å². The summed E-state index contributed by atoms with van der Waals surface area (Å²) in [5.41, 5.74) is 0. The summed E-state index contributed by atoms with van der Waals surface area (Å²) in [6, 6.07) is 2.58. The van der Waals surface area contributed by atoms with Crippen LogP contribution in [0.5, 0.6) is 0 Å². The van der Waals surface area contributed by atoms with E-state index in [0.717, 1.165) is 13.0 Å². The molecule has 2 unspecified atom stereocenters. The van der Waals surface area contributed by atoms with E-state index < -0.39 is 0 Å². The second-order valence-corrected chi connectivity index (χ2v) is 6.46. The maximum Gasteiger partial charge on any atom is 0.0750 e. The van der Waals surface area contributed by atoms with Crippen molar-refractivity contribution in [2.45, 2.75) is 39.3 Å². The number of thiophene rings is 1. The maximum atomic E-state index is 5.64. The molecule has 0 amide bonds. The Labute approximate surface area is 117 Å². The molecule has 2 nitrogen and oxygen atoms in total. The van der Waals surface area contributed by atoms with Gasteiger partial charge in [-0.05, 0) is 40.9 Å². The third-order valence-electron chi connectivity index (χ3n) is 2.83. The first-order chi connectivity index (χ1) is 8.08. The van der Waals surface area contributed by atoms with Gasteiger partial charge in [-0.15, -0.1) is 11.3 Å². The summed E-state index contributed by atoms with van der Waals surface area (Å²) in [4.78, 5) is 1.39. The maximum absolute atomic E-state index is 5.64. The van der Waals surface area contributed by atoms with E-state index in [1.807, 2.05) is 0 Å². The molecule has 0 aliphatic rings. The quantitative estimate of drug-likeness (QED) is 0.827. The van der Waals surface area contributed by atoms with E-state index in [-0.39, 0.29) is 6.10 Å². The summed E-state index contributed by atoms with van der Waals surface area (Å²) in [5, 5.41) is 5.67. The molecule has 0 saturated carbocycles. The lowest BCUT2D eigenvalue weighted by molar-refractivity contribution is 0.0339. The van der Waals surface area contributed by atoms with Gasteiger partial charge in [0.05, 0.1) is 6.10 Å². The average molecular weight is 320 g/mol. The Bertz CT molecular complexity index is 327. The predicted octanol–water partition coefficient (Wildman–Crippen LogP) is 3.70. The Morgan fingerprint density at radius 1 is 1.47 bits per heavy atom. The fraction of sp³-hybridized carbons (Fsp3) is 0.692. The van der Waals surface area contributed by atoms with Crippen molar-refractivity contribution in [1.29, 1.82) is 0 Å². The molecule has 1 aromatic heterocycles. The van der Waals surface area contributed by atoms with Crippen LogP contribution in [-0.4, -0.2) is 25.8 Å². The number of hydrogen-bond acceptors (Lipinski definition) is 3. The lowest BCUT2D eigenvalue weighted by atomic mass is 9.96. The van der Waals surface area contributed by atoms with Crippen molar-refractivity contribution in [3.8, 4) is 0 Å². The van der Waals surface area contributed by atoms with Gasteiger partial charge in [-0.2, -0.15) is 0 Å². The van der Waals surface area contributed by atoms with Gasteiger partial charge in [0.25, 0.3) is 0 Å². The molecule has 0 fully saturated rings. The van der Waals surface area contributed by atoms with E-state index in [1.54, 1.807) is 18.4 Å². The van der Waals surface area contributed by atoms with Crippen molar-refractivity contribution in [3.05, 3.63) is 20.8 Å². The SMILES string of the molecule is CCNC(Cc1cc(Br)cs1)C(OC)C(C)C. The summed E-state index contributed by atoms with van der Waals surface area (Å²) < 4.78 is 6.81. The molecule has 17 heavy (non-hydrogen) atoms. The lowest BCUT2D eigenvalue weighted by Crippen LogP contribution is -2.45. The highest BCUT2D eigenvalue weighted by molar-refractivity contribution is 9.10. The monoisotopic (exact) mass is 319 g/mol. The third-order valence-corrected chi connectivity index (χ3v) is 4.55. The molecule has 0 radical (unpaired) electrons. The van der Waals surface area contributed by atoms with Crippen LogP contribution in [0.4, 0.5) is 0 Å². The average Bonchev–Trinajstić information content (AvgIpc) is 2.64. The van der Waals surface area contributed by atoms with Crippen molar-refractivity contribution >= 4 is 27.3 Å². The van der Waals surface area contributed by atoms with Crippen molar-refractivity contribution in [3.63, 3.8) is 0 Å². The van der Waals surface area contributed by atoms with Crippen LogP contribution in [0, 0.1) is 5.92 Å². The van der Waals surface area contributed by atoms with Gasteiger partial charge in [-0.1, -0.05) is 20.8 Å². The van der Waals surface area contributed by atoms with Gasteiger partial charge in [0.15, 0.2) is 0 Å². The van der Waals surface area contributed by atoms with Crippen LogP contribution in [0.15, 0.2) is 15.9 Å². The van der Waals surface area contributed by atoms with Gasteiger partial charge in [0.2, 0.25) is 0 Å². The zero-order valence-corrected chi connectivity index (χ0v) is 13.4. The molecule has 0 aliphatic heterocycles. The highest BCUT2D eigenvalue weighted by atomic mass is 79.9. The first kappa shape index (κ1) is 15.2. The van der Waals surface area contributed by atoms with Gasteiger partial charge >= 0.3 is 0 Å². The van der Waals surface area contributed by atoms with E-state index in [9.17, 15) is 0 Å². The smallest absolute Gasteiger partial charge is 0.0750 e. The van der Waals surface area contributed by atoms with E-state index in [0.29, 0.717) is 12.0 Å². The summed E-state index contributed by atoms with van der Waals surface area (Å²) >= 11 is 5.30. The normalized spacial score (nSPS) is 15.2.